The summed E-state index contributed by atoms with van der Waals surface area (Å²) in [5.41, 5.74) is 2.11. The first-order chi connectivity index (χ1) is 13.3. The summed E-state index contributed by atoms with van der Waals surface area (Å²) >= 11 is 1.57. The van der Waals surface area contributed by atoms with E-state index in [0.717, 1.165) is 28.3 Å². The van der Waals surface area contributed by atoms with Crippen LogP contribution >= 0.6 is 11.8 Å². The van der Waals surface area contributed by atoms with E-state index in [-0.39, 0.29) is 5.97 Å². The summed E-state index contributed by atoms with van der Waals surface area (Å²) in [4.78, 5) is 12.6. The highest BCUT2D eigenvalue weighted by Gasteiger charge is 2.30. The smallest absolute Gasteiger partial charge is 0.416 e. The molecule has 0 aliphatic rings. The fraction of sp³-hybridized carbons (Fsp3) is 0.200. The second kappa shape index (κ2) is 8.10. The van der Waals surface area contributed by atoms with Gasteiger partial charge in [-0.2, -0.15) is 18.3 Å². The van der Waals surface area contributed by atoms with Crippen molar-refractivity contribution in [3.63, 3.8) is 0 Å². The van der Waals surface area contributed by atoms with Crippen LogP contribution in [0, 0.1) is 6.92 Å². The second-order valence-electron chi connectivity index (χ2n) is 6.06. The third-order valence-electron chi connectivity index (χ3n) is 4.08. The van der Waals surface area contributed by atoms with Crippen molar-refractivity contribution in [2.24, 2.45) is 0 Å². The highest BCUT2D eigenvalue weighted by Crippen LogP contribution is 2.30. The maximum Gasteiger partial charge on any atom is 0.416 e. The molecule has 0 unspecified atom stereocenters. The van der Waals surface area contributed by atoms with Gasteiger partial charge in [0.15, 0.2) is 0 Å². The van der Waals surface area contributed by atoms with Crippen LogP contribution in [0.2, 0.25) is 0 Å². The molecule has 0 atom stereocenters. The summed E-state index contributed by atoms with van der Waals surface area (Å²) in [6, 6.07) is 12.0. The largest absolute Gasteiger partial charge is 0.465 e. The number of hydrogen-bond acceptors (Lipinski definition) is 4. The average molecular weight is 406 g/mol. The fourth-order valence-electron chi connectivity index (χ4n) is 2.59. The number of alkyl halides is 3. The first-order valence-corrected chi connectivity index (χ1v) is 9.30. The number of ether oxygens (including phenoxy) is 1. The molecule has 0 N–H and O–H groups in total. The molecule has 3 aromatic rings. The molecule has 0 aliphatic heterocycles. The van der Waals surface area contributed by atoms with Crippen molar-refractivity contribution in [2.75, 3.05) is 7.11 Å². The van der Waals surface area contributed by atoms with E-state index in [4.69, 9.17) is 4.74 Å². The van der Waals surface area contributed by atoms with Crippen LogP contribution < -0.4 is 0 Å². The number of esters is 1. The van der Waals surface area contributed by atoms with Crippen molar-refractivity contribution >= 4 is 17.7 Å². The topological polar surface area (TPSA) is 44.1 Å². The van der Waals surface area contributed by atoms with Crippen molar-refractivity contribution in [1.82, 2.24) is 9.78 Å². The quantitative estimate of drug-likeness (QED) is 0.427. The molecular weight excluding hydrogens is 389 g/mol. The number of nitrogens with zero attached hydrogens (tertiary/aromatic N) is 2. The summed E-state index contributed by atoms with van der Waals surface area (Å²) in [6.45, 7) is 1.91. The Morgan fingerprint density at radius 2 is 1.86 bits per heavy atom. The molecule has 4 nitrogen and oxygen atoms in total. The monoisotopic (exact) mass is 406 g/mol. The van der Waals surface area contributed by atoms with Gasteiger partial charge in [-0.3, -0.25) is 0 Å². The maximum atomic E-state index is 12.7. The Kier molecular flexibility index (Phi) is 5.79. The molecule has 0 aliphatic carbocycles. The van der Waals surface area contributed by atoms with Crippen LogP contribution in [0.1, 0.15) is 27.2 Å². The van der Waals surface area contributed by atoms with Crippen LogP contribution in [0.3, 0.4) is 0 Å². The van der Waals surface area contributed by atoms with Crippen LogP contribution in [0.5, 0.6) is 0 Å². The van der Waals surface area contributed by atoms with Crippen LogP contribution in [-0.4, -0.2) is 22.9 Å². The zero-order valence-corrected chi connectivity index (χ0v) is 16.0. The molecule has 0 fully saturated rings. The molecule has 3 rings (SSSR count). The number of methoxy groups -OCH3 is 1. The molecule has 0 saturated heterocycles. The van der Waals surface area contributed by atoms with Crippen molar-refractivity contribution in [3.05, 3.63) is 77.1 Å². The highest BCUT2D eigenvalue weighted by molar-refractivity contribution is 7.98. The minimum atomic E-state index is -4.36. The maximum absolute atomic E-state index is 12.7. The zero-order chi connectivity index (χ0) is 20.3. The Balaban J connectivity index is 1.67. The Morgan fingerprint density at radius 3 is 2.46 bits per heavy atom. The standard InChI is InChI=1S/C20H17F3N2O2S/c1-13-11-14(19(26)27-2)3-8-18(13)28-12-16-9-10-25(24-16)17-6-4-15(5-7-17)20(21,22)23/h3-11H,12H2,1-2H3. The summed E-state index contributed by atoms with van der Waals surface area (Å²) < 4.78 is 44.2. The number of aryl methyl sites for hydroxylation is 1. The minimum absolute atomic E-state index is 0.380. The molecule has 0 radical (unpaired) electrons. The van der Waals surface area contributed by atoms with Gasteiger partial charge in [0.2, 0.25) is 0 Å². The lowest BCUT2D eigenvalue weighted by Crippen LogP contribution is -2.05. The van der Waals surface area contributed by atoms with E-state index in [0.29, 0.717) is 17.0 Å². The molecule has 0 saturated carbocycles. The number of hydrogen-bond donors (Lipinski definition) is 0. The van der Waals surface area contributed by atoms with Crippen molar-refractivity contribution < 1.29 is 22.7 Å². The van der Waals surface area contributed by atoms with E-state index >= 15 is 0 Å². The van der Waals surface area contributed by atoms with Gasteiger partial charge in [0.05, 0.1) is 29.6 Å². The summed E-state index contributed by atoms with van der Waals surface area (Å²) in [5.74, 6) is 0.210. The van der Waals surface area contributed by atoms with Gasteiger partial charge in [-0.25, -0.2) is 9.48 Å². The normalized spacial score (nSPS) is 11.5. The van der Waals surface area contributed by atoms with Gasteiger partial charge in [-0.15, -0.1) is 11.8 Å². The van der Waals surface area contributed by atoms with E-state index in [2.05, 4.69) is 5.10 Å². The number of carbonyl (C=O) groups excluding carboxylic acids is 1. The lowest BCUT2D eigenvalue weighted by molar-refractivity contribution is -0.137. The fourth-order valence-corrected chi connectivity index (χ4v) is 3.50. The predicted octanol–water partition coefficient (Wildman–Crippen LogP) is 5.28. The van der Waals surface area contributed by atoms with Gasteiger partial charge >= 0.3 is 12.1 Å². The van der Waals surface area contributed by atoms with Crippen molar-refractivity contribution in [2.45, 2.75) is 23.7 Å². The van der Waals surface area contributed by atoms with Gasteiger partial charge in [0.1, 0.15) is 0 Å². The molecule has 28 heavy (non-hydrogen) atoms. The first kappa shape index (κ1) is 20.0. The number of rotatable bonds is 5. The van der Waals surface area contributed by atoms with E-state index in [1.54, 1.807) is 34.8 Å². The number of aromatic nitrogens is 2. The van der Waals surface area contributed by atoms with E-state index in [1.807, 2.05) is 19.1 Å². The zero-order valence-electron chi connectivity index (χ0n) is 15.2. The third kappa shape index (κ3) is 4.56. The molecule has 0 bridgehead atoms. The third-order valence-corrected chi connectivity index (χ3v) is 5.28. The van der Waals surface area contributed by atoms with Crippen LogP contribution in [0.25, 0.3) is 5.69 Å². The van der Waals surface area contributed by atoms with Gasteiger partial charge in [0.25, 0.3) is 0 Å². The Bertz CT molecular complexity index is 982. The van der Waals surface area contributed by atoms with Crippen molar-refractivity contribution in [3.8, 4) is 5.69 Å². The second-order valence-corrected chi connectivity index (χ2v) is 7.07. The number of thioether (sulfide) groups is 1. The predicted molar refractivity (Wildman–Crippen MR) is 101 cm³/mol. The molecule has 1 heterocycles. The van der Waals surface area contributed by atoms with E-state index in [9.17, 15) is 18.0 Å². The Labute approximate surface area is 164 Å². The molecule has 146 valence electrons. The van der Waals surface area contributed by atoms with E-state index in [1.165, 1.54) is 19.2 Å². The van der Waals surface area contributed by atoms with Crippen molar-refractivity contribution in [1.29, 1.82) is 0 Å². The minimum Gasteiger partial charge on any atom is -0.465 e. The SMILES string of the molecule is COC(=O)c1ccc(SCc2ccn(-c3ccc(C(F)(F)F)cc3)n2)c(C)c1. The van der Waals surface area contributed by atoms with Crippen LogP contribution in [0.15, 0.2) is 59.6 Å². The number of halogens is 3. The van der Waals surface area contributed by atoms with Gasteiger partial charge in [0, 0.05) is 16.8 Å². The lowest BCUT2D eigenvalue weighted by atomic mass is 10.1. The molecule has 0 amide bonds. The lowest BCUT2D eigenvalue weighted by Gasteiger charge is -2.08. The van der Waals surface area contributed by atoms with E-state index < -0.39 is 11.7 Å². The summed E-state index contributed by atoms with van der Waals surface area (Å²) in [6.07, 6.45) is -2.64. The van der Waals surface area contributed by atoms with Gasteiger partial charge in [-0.05, 0) is 61.0 Å². The average Bonchev–Trinajstić information content (AvgIpc) is 3.15. The van der Waals surface area contributed by atoms with Crippen LogP contribution in [0.4, 0.5) is 13.2 Å². The number of benzene rings is 2. The van der Waals surface area contributed by atoms with Crippen LogP contribution in [-0.2, 0) is 16.7 Å². The number of carbonyl (C=O) groups is 1. The molecule has 0 spiro atoms. The summed E-state index contributed by atoms with van der Waals surface area (Å²) in [5, 5.41) is 4.42. The Morgan fingerprint density at radius 1 is 1.14 bits per heavy atom. The van der Waals surface area contributed by atoms with Gasteiger partial charge in [-0.1, -0.05) is 0 Å². The molecule has 2 aromatic carbocycles. The first-order valence-electron chi connectivity index (χ1n) is 8.32. The molecular formula is C20H17F3N2O2S. The Hall–Kier alpha value is -2.74. The highest BCUT2D eigenvalue weighted by atomic mass is 32.2. The molecule has 1 aromatic heterocycles. The summed E-state index contributed by atoms with van der Waals surface area (Å²) in [7, 11) is 1.34. The molecule has 8 heteroatoms. The van der Waals surface area contributed by atoms with Gasteiger partial charge < -0.3 is 4.74 Å².